The Bertz CT molecular complexity index is 1210. The average Bonchev–Trinajstić information content (AvgIpc) is 3.33. The molecule has 1 saturated heterocycles. The first-order valence-electron chi connectivity index (χ1n) is 12.5. The second kappa shape index (κ2) is 11.9. The molecule has 0 spiro atoms. The number of hydrogen-bond acceptors (Lipinski definition) is 10. The fraction of sp³-hybridized carbons (Fsp3) is 0.481. The molecule has 0 radical (unpaired) electrons. The monoisotopic (exact) mass is 543 g/mol. The maximum atomic E-state index is 13.5. The van der Waals surface area contributed by atoms with Gasteiger partial charge < -0.3 is 28.7 Å². The normalized spacial score (nSPS) is 20.9. The van der Waals surface area contributed by atoms with Crippen molar-refractivity contribution in [1.29, 1.82) is 0 Å². The standard InChI is InChI=1S/C27H33N3O7S/c1-6-37-25(32)17-8-7-11-29(14-17)22(31)12-18-15-38-27-28-16(2)23(26(33)36-5)24(30(18)27)20-13-19(34-3)9-10-21(20)35-4/h9-10,13,15,17,24H,6-8,11-12,14H2,1-5H3. The number of aliphatic imine (C=N–C) groups is 1. The number of benzene rings is 1. The number of likely N-dealkylation sites (tertiary alicyclic amines) is 1. The topological polar surface area (TPSA) is 107 Å². The van der Waals surface area contributed by atoms with Crippen molar-refractivity contribution in [2.75, 3.05) is 41.0 Å². The largest absolute Gasteiger partial charge is 0.497 e. The van der Waals surface area contributed by atoms with Crippen LogP contribution in [-0.2, 0) is 23.9 Å². The lowest BCUT2D eigenvalue weighted by Gasteiger charge is -2.37. The Morgan fingerprint density at radius 1 is 1.16 bits per heavy atom. The summed E-state index contributed by atoms with van der Waals surface area (Å²) in [7, 11) is 4.46. The average molecular weight is 544 g/mol. The number of esters is 2. The summed E-state index contributed by atoms with van der Waals surface area (Å²) in [6.45, 7) is 4.77. The summed E-state index contributed by atoms with van der Waals surface area (Å²) < 4.78 is 21.5. The highest BCUT2D eigenvalue weighted by Crippen LogP contribution is 2.47. The van der Waals surface area contributed by atoms with Crippen LogP contribution in [0.2, 0.25) is 0 Å². The van der Waals surface area contributed by atoms with Gasteiger partial charge in [-0.1, -0.05) is 11.8 Å². The molecule has 0 bridgehead atoms. The highest BCUT2D eigenvalue weighted by molar-refractivity contribution is 8.16. The molecule has 10 nitrogen and oxygen atoms in total. The molecule has 1 aromatic rings. The van der Waals surface area contributed by atoms with Crippen molar-refractivity contribution in [3.8, 4) is 11.5 Å². The summed E-state index contributed by atoms with van der Waals surface area (Å²) in [6.07, 6.45) is 1.52. The maximum Gasteiger partial charge on any atom is 0.338 e. The Hall–Kier alpha value is -3.47. The first-order chi connectivity index (χ1) is 18.3. The molecule has 1 aromatic carbocycles. The van der Waals surface area contributed by atoms with E-state index in [4.69, 9.17) is 18.9 Å². The number of amidine groups is 1. The van der Waals surface area contributed by atoms with Crippen molar-refractivity contribution < 1.29 is 33.3 Å². The first-order valence-corrected chi connectivity index (χ1v) is 13.4. The molecule has 38 heavy (non-hydrogen) atoms. The summed E-state index contributed by atoms with van der Waals surface area (Å²) >= 11 is 1.39. The Balaban J connectivity index is 1.67. The Labute approximate surface area is 226 Å². The van der Waals surface area contributed by atoms with E-state index in [0.29, 0.717) is 65.3 Å². The van der Waals surface area contributed by atoms with Crippen molar-refractivity contribution in [2.45, 2.75) is 39.2 Å². The number of carbonyl (C=O) groups excluding carboxylic acids is 3. The van der Waals surface area contributed by atoms with Crippen LogP contribution in [0.15, 0.2) is 45.6 Å². The van der Waals surface area contributed by atoms with E-state index in [1.165, 1.54) is 18.9 Å². The number of hydrogen-bond donors (Lipinski definition) is 0. The van der Waals surface area contributed by atoms with Gasteiger partial charge >= 0.3 is 11.9 Å². The second-order valence-electron chi connectivity index (χ2n) is 9.10. The number of thioether (sulfide) groups is 1. The van der Waals surface area contributed by atoms with Gasteiger partial charge in [-0.25, -0.2) is 9.79 Å². The minimum absolute atomic E-state index is 0.0812. The number of allylic oxidation sites excluding steroid dienone is 1. The van der Waals surface area contributed by atoms with Gasteiger partial charge in [0.15, 0.2) is 5.17 Å². The molecule has 204 valence electrons. The van der Waals surface area contributed by atoms with E-state index in [1.807, 2.05) is 16.4 Å². The fourth-order valence-electron chi connectivity index (χ4n) is 5.01. The van der Waals surface area contributed by atoms with Gasteiger partial charge in [0.25, 0.3) is 0 Å². The molecule has 1 amide bonds. The summed E-state index contributed by atoms with van der Waals surface area (Å²) in [4.78, 5) is 47.1. The van der Waals surface area contributed by atoms with Gasteiger partial charge in [0.05, 0.1) is 57.6 Å². The molecule has 3 heterocycles. The number of carbonyl (C=O) groups is 3. The number of piperidine rings is 1. The first kappa shape index (κ1) is 27.6. The van der Waals surface area contributed by atoms with Crippen LogP contribution in [0.3, 0.4) is 0 Å². The van der Waals surface area contributed by atoms with E-state index in [0.717, 1.165) is 6.42 Å². The van der Waals surface area contributed by atoms with E-state index in [-0.39, 0.29) is 24.2 Å². The van der Waals surface area contributed by atoms with Crippen LogP contribution in [0.1, 0.15) is 44.7 Å². The lowest BCUT2D eigenvalue weighted by atomic mass is 9.92. The predicted octanol–water partition coefficient (Wildman–Crippen LogP) is 3.64. The quantitative estimate of drug-likeness (QED) is 0.454. The molecule has 2 atom stereocenters. The Kier molecular flexibility index (Phi) is 8.65. The Morgan fingerprint density at radius 2 is 1.95 bits per heavy atom. The van der Waals surface area contributed by atoms with Crippen LogP contribution in [0, 0.1) is 5.92 Å². The van der Waals surface area contributed by atoms with E-state index >= 15 is 0 Å². The summed E-state index contributed by atoms with van der Waals surface area (Å²) in [5.41, 5.74) is 2.25. The van der Waals surface area contributed by atoms with Gasteiger partial charge in [-0.2, -0.15) is 0 Å². The number of rotatable bonds is 8. The molecule has 0 aromatic heterocycles. The number of methoxy groups -OCH3 is 3. The van der Waals surface area contributed by atoms with Gasteiger partial charge in [-0.05, 0) is 50.3 Å². The van der Waals surface area contributed by atoms with E-state index in [2.05, 4.69) is 4.99 Å². The minimum atomic E-state index is -0.650. The fourth-order valence-corrected chi connectivity index (χ4v) is 5.98. The predicted molar refractivity (Wildman–Crippen MR) is 143 cm³/mol. The number of ether oxygens (including phenoxy) is 4. The molecule has 3 aliphatic heterocycles. The molecule has 2 unspecified atom stereocenters. The van der Waals surface area contributed by atoms with Gasteiger partial charge in [-0.3, -0.25) is 9.59 Å². The van der Waals surface area contributed by atoms with Gasteiger partial charge in [0.1, 0.15) is 11.5 Å². The maximum absolute atomic E-state index is 13.5. The molecule has 1 fully saturated rings. The smallest absolute Gasteiger partial charge is 0.338 e. The van der Waals surface area contributed by atoms with Crippen molar-refractivity contribution in [2.24, 2.45) is 10.9 Å². The molecule has 0 saturated carbocycles. The zero-order valence-corrected chi connectivity index (χ0v) is 23.1. The van der Waals surface area contributed by atoms with Crippen LogP contribution in [0.4, 0.5) is 0 Å². The van der Waals surface area contributed by atoms with Gasteiger partial charge in [0.2, 0.25) is 5.91 Å². The third-order valence-electron chi connectivity index (χ3n) is 6.86. The number of amides is 1. The highest BCUT2D eigenvalue weighted by atomic mass is 32.2. The van der Waals surface area contributed by atoms with E-state index in [1.54, 1.807) is 45.1 Å². The third kappa shape index (κ3) is 5.38. The van der Waals surface area contributed by atoms with Crippen LogP contribution in [0.25, 0.3) is 0 Å². The zero-order valence-electron chi connectivity index (χ0n) is 22.3. The lowest BCUT2D eigenvalue weighted by molar-refractivity contribution is -0.151. The van der Waals surface area contributed by atoms with Crippen molar-refractivity contribution in [1.82, 2.24) is 9.80 Å². The molecular weight excluding hydrogens is 510 g/mol. The van der Waals surface area contributed by atoms with Crippen molar-refractivity contribution >= 4 is 34.8 Å². The molecule has 11 heteroatoms. The van der Waals surface area contributed by atoms with Crippen LogP contribution < -0.4 is 9.47 Å². The van der Waals surface area contributed by atoms with E-state index < -0.39 is 12.0 Å². The summed E-state index contributed by atoms with van der Waals surface area (Å²) in [6, 6.07) is 4.73. The van der Waals surface area contributed by atoms with Gasteiger partial charge in [0, 0.05) is 24.4 Å². The molecule has 0 N–H and O–H groups in total. The summed E-state index contributed by atoms with van der Waals surface area (Å²) in [5.74, 6) is -0.0531. The SMILES string of the molecule is CCOC(=O)C1CCCN(C(=O)CC2=CSC3=NC(C)=C(C(=O)OC)C(c4cc(OC)ccc4OC)N23)C1. The van der Waals surface area contributed by atoms with Gasteiger partial charge in [-0.15, -0.1) is 0 Å². The summed E-state index contributed by atoms with van der Waals surface area (Å²) in [5, 5.41) is 2.53. The highest BCUT2D eigenvalue weighted by Gasteiger charge is 2.43. The van der Waals surface area contributed by atoms with Crippen LogP contribution in [-0.4, -0.2) is 73.8 Å². The third-order valence-corrected chi connectivity index (χ3v) is 7.75. The lowest BCUT2D eigenvalue weighted by Crippen LogP contribution is -2.44. The van der Waals surface area contributed by atoms with Crippen molar-refractivity contribution in [3.05, 3.63) is 46.1 Å². The zero-order chi connectivity index (χ0) is 27.4. The van der Waals surface area contributed by atoms with Crippen LogP contribution >= 0.6 is 11.8 Å². The van der Waals surface area contributed by atoms with E-state index in [9.17, 15) is 14.4 Å². The second-order valence-corrected chi connectivity index (χ2v) is 9.94. The van der Waals surface area contributed by atoms with Crippen LogP contribution in [0.5, 0.6) is 11.5 Å². The molecular formula is C27H33N3O7S. The number of nitrogens with zero attached hydrogens (tertiary/aromatic N) is 3. The molecule has 4 rings (SSSR count). The molecule has 0 aliphatic carbocycles. The van der Waals surface area contributed by atoms with Crippen molar-refractivity contribution in [3.63, 3.8) is 0 Å². The molecule has 3 aliphatic rings. The number of fused-ring (bicyclic) bond motifs is 1. The Morgan fingerprint density at radius 3 is 2.63 bits per heavy atom. The minimum Gasteiger partial charge on any atom is -0.497 e.